The summed E-state index contributed by atoms with van der Waals surface area (Å²) in [5.41, 5.74) is 0.459. The maximum absolute atomic E-state index is 13.4. The second-order valence-corrected chi connectivity index (χ2v) is 6.13. The Morgan fingerprint density at radius 2 is 2.04 bits per heavy atom. The highest BCUT2D eigenvalue weighted by Gasteiger charge is 2.29. The third-order valence-electron chi connectivity index (χ3n) is 4.12. The lowest BCUT2D eigenvalue weighted by molar-refractivity contribution is -0.119. The smallest absolute Gasteiger partial charge is 0.270 e. The molecule has 0 spiro atoms. The van der Waals surface area contributed by atoms with Gasteiger partial charge in [0.25, 0.3) is 5.91 Å². The molecule has 0 aromatic heterocycles. The van der Waals surface area contributed by atoms with Gasteiger partial charge in [0.05, 0.1) is 25.3 Å². The zero-order chi connectivity index (χ0) is 19.4. The first-order valence-corrected chi connectivity index (χ1v) is 8.45. The first-order valence-electron chi connectivity index (χ1n) is 8.45. The lowest BCUT2D eigenvalue weighted by Crippen LogP contribution is -2.38. The number of allylic oxidation sites excluding steroid dienone is 4. The number of hydrogen-bond acceptors (Lipinski definition) is 4. The summed E-state index contributed by atoms with van der Waals surface area (Å²) in [7, 11) is 1.55. The molecule has 0 fully saturated rings. The molecule has 2 unspecified atom stereocenters. The minimum absolute atomic E-state index is 0.218. The third-order valence-corrected chi connectivity index (χ3v) is 4.12. The summed E-state index contributed by atoms with van der Waals surface area (Å²) in [6, 6.07) is 7.21. The molecule has 1 aliphatic heterocycles. The number of ether oxygens (including phenoxy) is 2. The van der Waals surface area contributed by atoms with E-state index in [1.807, 2.05) is 12.1 Å². The van der Waals surface area contributed by atoms with E-state index >= 15 is 0 Å². The van der Waals surface area contributed by atoms with E-state index in [4.69, 9.17) is 9.47 Å². The number of nitrogens with one attached hydrogen (secondary N) is 1. The molecule has 1 aromatic rings. The van der Waals surface area contributed by atoms with Crippen molar-refractivity contribution < 1.29 is 23.5 Å². The molecule has 2 atom stereocenters. The fraction of sp³-hybridized carbons (Fsp3) is 0.250. The number of benzene rings is 1. The van der Waals surface area contributed by atoms with E-state index in [1.54, 1.807) is 26.2 Å². The predicted molar refractivity (Wildman–Crippen MR) is 98.4 cm³/mol. The van der Waals surface area contributed by atoms with Crippen molar-refractivity contribution in [3.05, 3.63) is 60.0 Å². The largest absolute Gasteiger partial charge is 0.493 e. The van der Waals surface area contributed by atoms with E-state index in [-0.39, 0.29) is 23.9 Å². The van der Waals surface area contributed by atoms with Crippen LogP contribution in [0.5, 0.6) is 11.5 Å². The molecule has 0 saturated heterocycles. The molecule has 140 valence electrons. The number of carbonyl (C=O) groups excluding carboxylic acids is 2. The van der Waals surface area contributed by atoms with Gasteiger partial charge in [-0.05, 0) is 31.2 Å². The Morgan fingerprint density at radius 1 is 1.30 bits per heavy atom. The number of hydrogen-bond donors (Lipinski definition) is 1. The van der Waals surface area contributed by atoms with Crippen LogP contribution < -0.4 is 14.8 Å². The van der Waals surface area contributed by atoms with Crippen molar-refractivity contribution in [1.29, 1.82) is 0 Å². The number of halogens is 1. The van der Waals surface area contributed by atoms with Gasteiger partial charge in [-0.1, -0.05) is 18.2 Å². The SMILES string of the molecule is COc1ccccc1OC(C)CNC(=O)C1=CC(=O)N=C2C=C(F)C=CC12. The van der Waals surface area contributed by atoms with Gasteiger partial charge in [-0.25, -0.2) is 9.38 Å². The average molecular weight is 370 g/mol. The molecule has 0 radical (unpaired) electrons. The fourth-order valence-corrected chi connectivity index (χ4v) is 2.83. The Labute approximate surface area is 156 Å². The molecule has 0 saturated carbocycles. The summed E-state index contributed by atoms with van der Waals surface area (Å²) in [4.78, 5) is 28.0. The summed E-state index contributed by atoms with van der Waals surface area (Å²) in [5, 5.41) is 2.75. The normalized spacial score (nSPS) is 19.3. The molecule has 1 heterocycles. The molecular weight excluding hydrogens is 351 g/mol. The van der Waals surface area contributed by atoms with Gasteiger partial charge in [-0.2, -0.15) is 0 Å². The maximum Gasteiger partial charge on any atom is 0.270 e. The van der Waals surface area contributed by atoms with Gasteiger partial charge in [-0.3, -0.25) is 9.59 Å². The minimum atomic E-state index is -0.580. The van der Waals surface area contributed by atoms with Crippen molar-refractivity contribution in [2.24, 2.45) is 10.9 Å². The van der Waals surface area contributed by atoms with Crippen LogP contribution in [0.3, 0.4) is 0 Å². The van der Waals surface area contributed by atoms with Crippen LogP contribution >= 0.6 is 0 Å². The van der Waals surface area contributed by atoms with E-state index in [9.17, 15) is 14.0 Å². The number of nitrogens with zero attached hydrogens (tertiary/aromatic N) is 1. The van der Waals surface area contributed by atoms with Crippen LogP contribution in [-0.4, -0.2) is 37.3 Å². The quantitative estimate of drug-likeness (QED) is 0.835. The van der Waals surface area contributed by atoms with E-state index in [0.717, 1.165) is 6.08 Å². The number of carbonyl (C=O) groups is 2. The zero-order valence-corrected chi connectivity index (χ0v) is 14.9. The Hall–Kier alpha value is -3.22. The summed E-state index contributed by atoms with van der Waals surface area (Å²) in [6.07, 6.45) is 4.78. The molecule has 1 N–H and O–H groups in total. The monoisotopic (exact) mass is 370 g/mol. The number of dihydropyridines is 1. The molecule has 3 rings (SSSR count). The van der Waals surface area contributed by atoms with E-state index in [1.165, 1.54) is 18.2 Å². The molecule has 2 amide bonds. The van der Waals surface area contributed by atoms with Crippen molar-refractivity contribution in [3.8, 4) is 11.5 Å². The molecular formula is C20H19FN2O4. The molecule has 1 aromatic carbocycles. The highest BCUT2D eigenvalue weighted by molar-refractivity contribution is 6.18. The van der Waals surface area contributed by atoms with Gasteiger partial charge in [0.15, 0.2) is 11.5 Å². The van der Waals surface area contributed by atoms with Gasteiger partial charge in [0, 0.05) is 11.6 Å². The van der Waals surface area contributed by atoms with E-state index < -0.39 is 23.6 Å². The highest BCUT2D eigenvalue weighted by atomic mass is 19.1. The lowest BCUT2D eigenvalue weighted by Gasteiger charge is -2.23. The number of amides is 2. The van der Waals surface area contributed by atoms with Crippen molar-refractivity contribution >= 4 is 17.5 Å². The van der Waals surface area contributed by atoms with E-state index in [0.29, 0.717) is 11.5 Å². The Balaban J connectivity index is 1.62. The van der Waals surface area contributed by atoms with Crippen LogP contribution in [0.25, 0.3) is 0 Å². The number of para-hydroxylation sites is 2. The van der Waals surface area contributed by atoms with Gasteiger partial charge in [-0.15, -0.1) is 0 Å². The minimum Gasteiger partial charge on any atom is -0.493 e. The van der Waals surface area contributed by atoms with Crippen LogP contribution in [0, 0.1) is 5.92 Å². The predicted octanol–water partition coefficient (Wildman–Crippen LogP) is 2.53. The summed E-state index contributed by atoms with van der Waals surface area (Å²) in [5.74, 6) is -0.871. The van der Waals surface area contributed by atoms with Crippen LogP contribution in [-0.2, 0) is 9.59 Å². The first-order chi connectivity index (χ1) is 13.0. The summed E-state index contributed by atoms with van der Waals surface area (Å²) in [6.45, 7) is 2.02. The van der Waals surface area contributed by atoms with Crippen LogP contribution in [0.2, 0.25) is 0 Å². The summed E-state index contributed by atoms with van der Waals surface area (Å²) < 4.78 is 24.4. The number of methoxy groups -OCH3 is 1. The van der Waals surface area contributed by atoms with Gasteiger partial charge in [0.2, 0.25) is 5.91 Å². The van der Waals surface area contributed by atoms with Crippen molar-refractivity contribution in [1.82, 2.24) is 5.32 Å². The van der Waals surface area contributed by atoms with Gasteiger partial charge < -0.3 is 14.8 Å². The Bertz CT molecular complexity index is 886. The van der Waals surface area contributed by atoms with Crippen molar-refractivity contribution in [2.45, 2.75) is 13.0 Å². The molecule has 0 bridgehead atoms. The molecule has 7 heteroatoms. The molecule has 1 aliphatic carbocycles. The van der Waals surface area contributed by atoms with Crippen LogP contribution in [0.15, 0.2) is 65.0 Å². The van der Waals surface area contributed by atoms with Gasteiger partial charge >= 0.3 is 0 Å². The topological polar surface area (TPSA) is 77.0 Å². The molecule has 2 aliphatic rings. The van der Waals surface area contributed by atoms with E-state index in [2.05, 4.69) is 10.3 Å². The second-order valence-electron chi connectivity index (χ2n) is 6.13. The highest BCUT2D eigenvalue weighted by Crippen LogP contribution is 2.27. The maximum atomic E-state index is 13.4. The van der Waals surface area contributed by atoms with Crippen molar-refractivity contribution in [3.63, 3.8) is 0 Å². The molecule has 6 nitrogen and oxygen atoms in total. The number of aliphatic imine (C=N–C) groups is 1. The second kappa shape index (κ2) is 7.99. The van der Waals surface area contributed by atoms with Crippen molar-refractivity contribution in [2.75, 3.05) is 13.7 Å². The third kappa shape index (κ3) is 4.31. The standard InChI is InChI=1S/C20H19FN2O4/c1-12(27-18-6-4-3-5-17(18)26-2)11-22-20(25)15-10-19(24)23-16-9-13(21)7-8-14(15)16/h3-10,12,14H,11H2,1-2H3,(H,22,25). The average Bonchev–Trinajstić information content (AvgIpc) is 2.65. The zero-order valence-electron chi connectivity index (χ0n) is 14.9. The number of fused-ring (bicyclic) bond motifs is 1. The van der Waals surface area contributed by atoms with Crippen LogP contribution in [0.4, 0.5) is 4.39 Å². The number of rotatable bonds is 6. The summed E-state index contributed by atoms with van der Waals surface area (Å²) >= 11 is 0. The molecule has 27 heavy (non-hydrogen) atoms. The Kier molecular flexibility index (Phi) is 5.49. The first kappa shape index (κ1) is 18.6. The fourth-order valence-electron chi connectivity index (χ4n) is 2.83. The van der Waals surface area contributed by atoms with Gasteiger partial charge in [0.1, 0.15) is 11.9 Å². The van der Waals surface area contributed by atoms with Crippen LogP contribution in [0.1, 0.15) is 6.92 Å². The lowest BCUT2D eigenvalue weighted by atomic mass is 9.87. The Morgan fingerprint density at radius 3 is 2.78 bits per heavy atom.